The third-order valence-corrected chi connectivity index (χ3v) is 4.57. The third-order valence-electron chi connectivity index (χ3n) is 4.57. The van der Waals surface area contributed by atoms with Crippen LogP contribution < -0.4 is 5.32 Å². The average molecular weight is 282 g/mol. The van der Waals surface area contributed by atoms with E-state index < -0.39 is 0 Å². The molecule has 0 saturated carbocycles. The summed E-state index contributed by atoms with van der Waals surface area (Å²) in [6, 6.07) is 0.610. The van der Waals surface area contributed by atoms with Crippen LogP contribution >= 0.6 is 0 Å². The highest BCUT2D eigenvalue weighted by Crippen LogP contribution is 2.21. The zero-order valence-corrected chi connectivity index (χ0v) is 13.8. The number of carbonyl (C=O) groups is 1. The minimum Gasteiger partial charge on any atom is -0.342 e. The second kappa shape index (κ2) is 10.2. The molecule has 0 aliphatic carbocycles. The van der Waals surface area contributed by atoms with Crippen molar-refractivity contribution in [2.45, 2.75) is 78.2 Å². The first-order valence-electron chi connectivity index (χ1n) is 8.74. The highest BCUT2D eigenvalue weighted by molar-refractivity contribution is 5.76. The summed E-state index contributed by atoms with van der Waals surface area (Å²) in [5, 5.41) is 3.57. The largest absolute Gasteiger partial charge is 0.342 e. The van der Waals surface area contributed by atoms with Crippen molar-refractivity contribution in [3.8, 4) is 0 Å². The second-order valence-corrected chi connectivity index (χ2v) is 6.13. The lowest BCUT2D eigenvalue weighted by Crippen LogP contribution is -2.50. The van der Waals surface area contributed by atoms with E-state index in [1.54, 1.807) is 0 Å². The van der Waals surface area contributed by atoms with Crippen LogP contribution in [0.15, 0.2) is 0 Å². The van der Waals surface area contributed by atoms with E-state index in [4.69, 9.17) is 0 Å². The summed E-state index contributed by atoms with van der Waals surface area (Å²) in [5.74, 6) is 1.02. The minimum atomic E-state index is 0.384. The number of hydrogen-bond acceptors (Lipinski definition) is 2. The van der Waals surface area contributed by atoms with Crippen LogP contribution in [0.4, 0.5) is 0 Å². The van der Waals surface area contributed by atoms with Crippen LogP contribution in [-0.2, 0) is 4.79 Å². The van der Waals surface area contributed by atoms with Gasteiger partial charge in [0.05, 0.1) is 0 Å². The number of nitrogens with zero attached hydrogens (tertiary/aromatic N) is 1. The molecular formula is C17H34N2O. The van der Waals surface area contributed by atoms with Crippen LogP contribution in [0, 0.1) is 5.92 Å². The Balaban J connectivity index is 2.27. The predicted octanol–water partition coefficient (Wildman–Crippen LogP) is 3.58. The molecular weight excluding hydrogens is 248 g/mol. The molecule has 1 N–H and O–H groups in total. The molecule has 1 heterocycles. The Morgan fingerprint density at radius 2 is 1.90 bits per heavy atom. The van der Waals surface area contributed by atoms with Gasteiger partial charge in [-0.3, -0.25) is 4.79 Å². The Labute approximate surface area is 125 Å². The van der Waals surface area contributed by atoms with Gasteiger partial charge in [-0.25, -0.2) is 0 Å². The first-order valence-corrected chi connectivity index (χ1v) is 8.74. The Bertz CT molecular complexity index is 268. The molecule has 1 rings (SSSR count). The molecule has 20 heavy (non-hydrogen) atoms. The predicted molar refractivity (Wildman–Crippen MR) is 85.8 cm³/mol. The number of likely N-dealkylation sites (tertiary alicyclic amines) is 1. The van der Waals surface area contributed by atoms with Crippen molar-refractivity contribution in [2.75, 3.05) is 19.6 Å². The fourth-order valence-electron chi connectivity index (χ4n) is 3.24. The number of hydrogen-bond donors (Lipinski definition) is 1. The van der Waals surface area contributed by atoms with Gasteiger partial charge >= 0.3 is 0 Å². The quantitative estimate of drug-likeness (QED) is 0.656. The Morgan fingerprint density at radius 1 is 1.15 bits per heavy atom. The molecule has 2 atom stereocenters. The van der Waals surface area contributed by atoms with Gasteiger partial charge in [0, 0.05) is 25.6 Å². The standard InChI is InChI=1S/C17H34N2O/c1-4-7-8-9-10-11-17(20)19-13-12-16(18-6-3)15(5-2)14-19/h15-16,18H,4-14H2,1-3H3. The number of carbonyl (C=O) groups excluding carboxylic acids is 1. The molecule has 2 unspecified atom stereocenters. The van der Waals surface area contributed by atoms with Crippen LogP contribution in [0.3, 0.4) is 0 Å². The van der Waals surface area contributed by atoms with Crippen molar-refractivity contribution in [3.05, 3.63) is 0 Å². The van der Waals surface area contributed by atoms with Crippen molar-refractivity contribution in [2.24, 2.45) is 5.92 Å². The fourth-order valence-corrected chi connectivity index (χ4v) is 3.24. The first kappa shape index (κ1) is 17.5. The summed E-state index contributed by atoms with van der Waals surface area (Å²) in [5.41, 5.74) is 0. The van der Waals surface area contributed by atoms with Gasteiger partial charge in [0.25, 0.3) is 0 Å². The van der Waals surface area contributed by atoms with E-state index in [0.717, 1.165) is 45.3 Å². The summed E-state index contributed by atoms with van der Waals surface area (Å²) in [4.78, 5) is 14.4. The smallest absolute Gasteiger partial charge is 0.222 e. The molecule has 1 amide bonds. The zero-order chi connectivity index (χ0) is 14.8. The molecule has 3 nitrogen and oxygen atoms in total. The maximum atomic E-state index is 12.3. The van der Waals surface area contributed by atoms with E-state index in [9.17, 15) is 4.79 Å². The third kappa shape index (κ3) is 5.82. The Morgan fingerprint density at radius 3 is 2.55 bits per heavy atom. The van der Waals surface area contributed by atoms with Crippen molar-refractivity contribution in [1.82, 2.24) is 10.2 Å². The molecule has 1 aliphatic rings. The van der Waals surface area contributed by atoms with Crippen molar-refractivity contribution >= 4 is 5.91 Å². The highest BCUT2D eigenvalue weighted by atomic mass is 16.2. The average Bonchev–Trinajstić information content (AvgIpc) is 2.47. The van der Waals surface area contributed by atoms with Gasteiger partial charge in [0.15, 0.2) is 0 Å². The molecule has 0 spiro atoms. The SMILES string of the molecule is CCCCCCCC(=O)N1CCC(NCC)C(CC)C1. The normalized spacial score (nSPS) is 23.1. The summed E-state index contributed by atoms with van der Waals surface area (Å²) >= 11 is 0. The first-order chi connectivity index (χ1) is 9.72. The fraction of sp³-hybridized carbons (Fsp3) is 0.941. The lowest BCUT2D eigenvalue weighted by atomic mass is 9.89. The van der Waals surface area contributed by atoms with Crippen LogP contribution in [0.1, 0.15) is 72.1 Å². The van der Waals surface area contributed by atoms with Crippen molar-refractivity contribution in [1.29, 1.82) is 0 Å². The van der Waals surface area contributed by atoms with Crippen molar-refractivity contribution < 1.29 is 4.79 Å². The van der Waals surface area contributed by atoms with Gasteiger partial charge in [-0.2, -0.15) is 0 Å². The topological polar surface area (TPSA) is 32.3 Å². The molecule has 118 valence electrons. The molecule has 0 bridgehead atoms. The van der Waals surface area contributed by atoms with Gasteiger partial charge in [0.2, 0.25) is 5.91 Å². The van der Waals surface area contributed by atoms with Crippen LogP contribution in [0.5, 0.6) is 0 Å². The molecule has 0 radical (unpaired) electrons. The van der Waals surface area contributed by atoms with Gasteiger partial charge in [-0.15, -0.1) is 0 Å². The Kier molecular flexibility index (Phi) is 8.92. The van der Waals surface area contributed by atoms with E-state index in [1.165, 1.54) is 25.7 Å². The van der Waals surface area contributed by atoms with E-state index in [0.29, 0.717) is 17.9 Å². The molecule has 0 aromatic rings. The number of piperidine rings is 1. The van der Waals surface area contributed by atoms with E-state index in [-0.39, 0.29) is 0 Å². The van der Waals surface area contributed by atoms with E-state index in [2.05, 4.69) is 31.0 Å². The summed E-state index contributed by atoms with van der Waals surface area (Å²) in [6.45, 7) is 9.58. The second-order valence-electron chi connectivity index (χ2n) is 6.13. The summed E-state index contributed by atoms with van der Waals surface area (Å²) in [7, 11) is 0. The van der Waals surface area contributed by atoms with Gasteiger partial charge in [-0.05, 0) is 25.3 Å². The summed E-state index contributed by atoms with van der Waals surface area (Å²) in [6.07, 6.45) is 9.18. The monoisotopic (exact) mass is 282 g/mol. The lowest BCUT2D eigenvalue weighted by molar-refractivity contribution is -0.133. The molecule has 0 aromatic heterocycles. The van der Waals surface area contributed by atoms with Gasteiger partial charge in [-0.1, -0.05) is 52.9 Å². The maximum absolute atomic E-state index is 12.3. The molecule has 3 heteroatoms. The maximum Gasteiger partial charge on any atom is 0.222 e. The van der Waals surface area contributed by atoms with Crippen LogP contribution in [0.2, 0.25) is 0 Å². The Hall–Kier alpha value is -0.570. The number of unbranched alkanes of at least 4 members (excludes halogenated alkanes) is 4. The van der Waals surface area contributed by atoms with Crippen molar-refractivity contribution in [3.63, 3.8) is 0 Å². The lowest BCUT2D eigenvalue weighted by Gasteiger charge is -2.38. The number of rotatable bonds is 9. The van der Waals surface area contributed by atoms with Gasteiger partial charge in [0.1, 0.15) is 0 Å². The zero-order valence-electron chi connectivity index (χ0n) is 13.8. The molecule has 1 fully saturated rings. The molecule has 1 aliphatic heterocycles. The van der Waals surface area contributed by atoms with Gasteiger partial charge < -0.3 is 10.2 Å². The highest BCUT2D eigenvalue weighted by Gasteiger charge is 2.29. The van der Waals surface area contributed by atoms with Crippen LogP contribution in [-0.4, -0.2) is 36.5 Å². The molecule has 0 aromatic carbocycles. The van der Waals surface area contributed by atoms with E-state index in [1.807, 2.05) is 0 Å². The number of amides is 1. The van der Waals surface area contributed by atoms with Crippen LogP contribution in [0.25, 0.3) is 0 Å². The van der Waals surface area contributed by atoms with E-state index >= 15 is 0 Å². The molecule has 1 saturated heterocycles. The minimum absolute atomic E-state index is 0.384. The number of nitrogens with one attached hydrogen (secondary N) is 1. The summed E-state index contributed by atoms with van der Waals surface area (Å²) < 4.78 is 0.